The second-order valence-corrected chi connectivity index (χ2v) is 8.91. The number of hydrogen-bond acceptors (Lipinski definition) is 2. The van der Waals surface area contributed by atoms with Crippen molar-refractivity contribution in [3.05, 3.63) is 30.0 Å². The lowest BCUT2D eigenvalue weighted by molar-refractivity contribution is -0.133. The lowest BCUT2D eigenvalue weighted by Crippen LogP contribution is -2.53. The van der Waals surface area contributed by atoms with Crippen LogP contribution in [0.15, 0.2) is 30.0 Å². The van der Waals surface area contributed by atoms with Gasteiger partial charge >= 0.3 is 0 Å². The normalized spacial score (nSPS) is 47.2. The standard InChI is InChI=1S/C22H28O2/c1-4-9-22-11-7-16(23)13-15(22)12-14(2)20-17-5-6-19(24)21(17,3)10-8-18(20)22/h9,13-14,17-18,20H,1,5-8,10-12H2,2-3H3/t14-,17+,18+,20+,21+,22?/m1/s1. The van der Waals surface area contributed by atoms with Gasteiger partial charge in [-0.1, -0.05) is 26.0 Å². The van der Waals surface area contributed by atoms with E-state index >= 15 is 0 Å². The highest BCUT2D eigenvalue weighted by atomic mass is 16.1. The second kappa shape index (κ2) is 5.30. The lowest BCUT2D eigenvalue weighted by atomic mass is 9.45. The fourth-order valence-corrected chi connectivity index (χ4v) is 6.86. The van der Waals surface area contributed by atoms with Crippen LogP contribution in [0, 0.1) is 34.5 Å². The minimum atomic E-state index is -0.0970. The Bertz CT molecular complexity index is 680. The Hall–Kier alpha value is -1.40. The summed E-state index contributed by atoms with van der Waals surface area (Å²) < 4.78 is 0. The van der Waals surface area contributed by atoms with Crippen LogP contribution in [0.25, 0.3) is 0 Å². The van der Waals surface area contributed by atoms with E-state index in [0.29, 0.717) is 35.9 Å². The van der Waals surface area contributed by atoms with Gasteiger partial charge in [-0.25, -0.2) is 0 Å². The molecule has 3 fully saturated rings. The van der Waals surface area contributed by atoms with Gasteiger partial charge in [0.1, 0.15) is 5.78 Å². The van der Waals surface area contributed by atoms with Gasteiger partial charge in [-0.15, -0.1) is 5.73 Å². The highest BCUT2D eigenvalue weighted by Crippen LogP contribution is 2.66. The minimum absolute atomic E-state index is 0.0280. The third-order valence-corrected chi connectivity index (χ3v) is 7.98. The van der Waals surface area contributed by atoms with Crippen molar-refractivity contribution in [1.82, 2.24) is 0 Å². The highest BCUT2D eigenvalue weighted by Gasteiger charge is 2.61. The molecule has 0 heterocycles. The average molecular weight is 324 g/mol. The molecule has 0 spiro atoms. The Labute approximate surface area is 145 Å². The topological polar surface area (TPSA) is 34.1 Å². The molecule has 0 aliphatic heterocycles. The van der Waals surface area contributed by atoms with Crippen molar-refractivity contribution in [3.8, 4) is 0 Å². The summed E-state index contributed by atoms with van der Waals surface area (Å²) >= 11 is 0. The van der Waals surface area contributed by atoms with Crippen molar-refractivity contribution in [2.75, 3.05) is 0 Å². The Morgan fingerprint density at radius 1 is 1.21 bits per heavy atom. The number of allylic oxidation sites excluding steroid dienone is 2. The molecule has 0 bridgehead atoms. The Balaban J connectivity index is 1.82. The molecule has 0 aromatic heterocycles. The van der Waals surface area contributed by atoms with Crippen LogP contribution in [0.1, 0.15) is 58.8 Å². The molecule has 0 N–H and O–H groups in total. The number of Topliss-reactive ketones (excluding diaryl/α,β-unsaturated/α-hetero) is 1. The molecule has 0 radical (unpaired) electrons. The van der Waals surface area contributed by atoms with Gasteiger partial charge in [-0.2, -0.15) is 0 Å². The maximum absolute atomic E-state index is 12.6. The molecular weight excluding hydrogens is 296 g/mol. The van der Waals surface area contributed by atoms with Gasteiger partial charge in [0.05, 0.1) is 0 Å². The summed E-state index contributed by atoms with van der Waals surface area (Å²) in [5.74, 6) is 2.97. The van der Waals surface area contributed by atoms with Gasteiger partial charge in [0.15, 0.2) is 5.78 Å². The summed E-state index contributed by atoms with van der Waals surface area (Å²) in [5.41, 5.74) is 4.27. The molecule has 24 heavy (non-hydrogen) atoms. The molecule has 0 amide bonds. The molecule has 1 unspecified atom stereocenters. The molecule has 128 valence electrons. The summed E-state index contributed by atoms with van der Waals surface area (Å²) in [6.45, 7) is 8.43. The number of carbonyl (C=O) groups is 2. The molecular formula is C22H28O2. The van der Waals surface area contributed by atoms with Gasteiger partial charge in [0.2, 0.25) is 0 Å². The second-order valence-electron chi connectivity index (χ2n) is 8.91. The molecule has 2 nitrogen and oxygen atoms in total. The van der Waals surface area contributed by atoms with Crippen molar-refractivity contribution in [2.24, 2.45) is 34.5 Å². The van der Waals surface area contributed by atoms with Crippen molar-refractivity contribution in [3.63, 3.8) is 0 Å². The van der Waals surface area contributed by atoms with Crippen LogP contribution >= 0.6 is 0 Å². The fraction of sp³-hybridized carbons (Fsp3) is 0.682. The number of ketones is 2. The van der Waals surface area contributed by atoms with Gasteiger partial charge in [0.25, 0.3) is 0 Å². The quantitative estimate of drug-likeness (QED) is 0.658. The predicted octanol–water partition coefficient (Wildman–Crippen LogP) is 4.65. The first-order valence-electron chi connectivity index (χ1n) is 9.56. The number of rotatable bonds is 1. The largest absolute Gasteiger partial charge is 0.299 e. The van der Waals surface area contributed by atoms with E-state index in [2.05, 4.69) is 32.2 Å². The van der Waals surface area contributed by atoms with Gasteiger partial charge in [-0.05, 0) is 67.9 Å². The highest BCUT2D eigenvalue weighted by molar-refractivity contribution is 5.92. The van der Waals surface area contributed by atoms with Crippen LogP contribution in [-0.4, -0.2) is 11.6 Å². The smallest absolute Gasteiger partial charge is 0.155 e. The Morgan fingerprint density at radius 2 is 2.00 bits per heavy atom. The number of carbonyl (C=O) groups excluding carboxylic acids is 2. The van der Waals surface area contributed by atoms with E-state index in [9.17, 15) is 9.59 Å². The predicted molar refractivity (Wildman–Crippen MR) is 94.3 cm³/mol. The first-order valence-corrected chi connectivity index (χ1v) is 9.56. The van der Waals surface area contributed by atoms with Crippen molar-refractivity contribution >= 4 is 11.6 Å². The van der Waals surface area contributed by atoms with Crippen LogP contribution in [-0.2, 0) is 9.59 Å². The molecule has 2 heteroatoms. The monoisotopic (exact) mass is 324 g/mol. The van der Waals surface area contributed by atoms with E-state index < -0.39 is 0 Å². The maximum Gasteiger partial charge on any atom is 0.155 e. The molecule has 3 saturated carbocycles. The summed E-state index contributed by atoms with van der Waals surface area (Å²) in [5, 5.41) is 0. The van der Waals surface area contributed by atoms with E-state index in [1.165, 1.54) is 5.57 Å². The minimum Gasteiger partial charge on any atom is -0.299 e. The molecule has 4 aliphatic carbocycles. The third-order valence-electron chi connectivity index (χ3n) is 7.98. The average Bonchev–Trinajstić information content (AvgIpc) is 2.84. The summed E-state index contributed by atoms with van der Waals surface area (Å²) in [7, 11) is 0. The maximum atomic E-state index is 12.6. The zero-order valence-electron chi connectivity index (χ0n) is 14.9. The van der Waals surface area contributed by atoms with Crippen LogP contribution in [0.3, 0.4) is 0 Å². The van der Waals surface area contributed by atoms with Crippen LogP contribution in [0.4, 0.5) is 0 Å². The molecule has 0 saturated heterocycles. The fourth-order valence-electron chi connectivity index (χ4n) is 6.86. The zero-order valence-corrected chi connectivity index (χ0v) is 14.9. The van der Waals surface area contributed by atoms with E-state index in [1.54, 1.807) is 0 Å². The van der Waals surface area contributed by atoms with Gasteiger partial charge in [0, 0.05) is 23.7 Å². The zero-order chi connectivity index (χ0) is 17.1. The van der Waals surface area contributed by atoms with Crippen molar-refractivity contribution in [2.45, 2.75) is 58.8 Å². The van der Waals surface area contributed by atoms with Crippen molar-refractivity contribution in [1.29, 1.82) is 0 Å². The van der Waals surface area contributed by atoms with E-state index in [0.717, 1.165) is 38.5 Å². The van der Waals surface area contributed by atoms with Gasteiger partial charge in [-0.3, -0.25) is 9.59 Å². The molecule has 0 aromatic carbocycles. The summed E-state index contributed by atoms with van der Waals surface area (Å²) in [4.78, 5) is 24.6. The Kier molecular flexibility index (Phi) is 3.55. The lowest BCUT2D eigenvalue weighted by Gasteiger charge is -2.59. The van der Waals surface area contributed by atoms with Crippen LogP contribution in [0.2, 0.25) is 0 Å². The SMILES string of the molecule is C=C=CC12CCC(=O)C=C1C[C@@H](C)[C@@H]1[C@@H]2CC[C@]2(C)C(=O)CC[C@@H]12. The first kappa shape index (κ1) is 16.1. The molecule has 4 rings (SSSR count). The number of hydrogen-bond donors (Lipinski definition) is 0. The third kappa shape index (κ3) is 1.96. The molecule has 6 atom stereocenters. The number of fused-ring (bicyclic) bond motifs is 5. The van der Waals surface area contributed by atoms with Crippen LogP contribution < -0.4 is 0 Å². The molecule has 4 aliphatic rings. The molecule has 0 aromatic rings. The van der Waals surface area contributed by atoms with E-state index in [4.69, 9.17) is 0 Å². The van der Waals surface area contributed by atoms with Crippen molar-refractivity contribution < 1.29 is 9.59 Å². The van der Waals surface area contributed by atoms with Gasteiger partial charge < -0.3 is 0 Å². The Morgan fingerprint density at radius 3 is 2.75 bits per heavy atom. The summed E-state index contributed by atoms with van der Waals surface area (Å²) in [6, 6.07) is 0. The first-order chi connectivity index (χ1) is 11.4. The van der Waals surface area contributed by atoms with E-state index in [1.807, 2.05) is 6.08 Å². The van der Waals surface area contributed by atoms with E-state index in [-0.39, 0.29) is 16.6 Å². The van der Waals surface area contributed by atoms with Crippen LogP contribution in [0.5, 0.6) is 0 Å². The summed E-state index contributed by atoms with van der Waals surface area (Å²) in [6.07, 6.45) is 10.6.